The second kappa shape index (κ2) is 4.24. The summed E-state index contributed by atoms with van der Waals surface area (Å²) in [4.78, 5) is 5.89. The molecule has 0 unspecified atom stereocenters. The van der Waals surface area contributed by atoms with E-state index in [2.05, 4.69) is 20.9 Å². The number of halogens is 4. The van der Waals surface area contributed by atoms with Gasteiger partial charge in [-0.25, -0.2) is 4.98 Å². The summed E-state index contributed by atoms with van der Waals surface area (Å²) in [5.74, 6) is 0.410. The fraction of sp³-hybridized carbons (Fsp3) is 0.500. The third kappa shape index (κ3) is 2.31. The molecule has 2 heterocycles. The van der Waals surface area contributed by atoms with Crippen molar-refractivity contribution in [2.75, 3.05) is 18.0 Å². The summed E-state index contributed by atoms with van der Waals surface area (Å²) in [5, 5.41) is 0. The maximum Gasteiger partial charge on any atom is 0.417 e. The predicted molar refractivity (Wildman–Crippen MR) is 58.4 cm³/mol. The first kappa shape index (κ1) is 11.7. The van der Waals surface area contributed by atoms with Gasteiger partial charge in [0.1, 0.15) is 5.82 Å². The minimum Gasteiger partial charge on any atom is -0.357 e. The SMILES string of the molecule is FC(F)(F)c1cc(N2CCCC2)ncc1Br. The maximum absolute atomic E-state index is 12.6. The predicted octanol–water partition coefficient (Wildman–Crippen LogP) is 3.46. The lowest BCUT2D eigenvalue weighted by Gasteiger charge is -2.18. The molecule has 1 aromatic rings. The summed E-state index contributed by atoms with van der Waals surface area (Å²) in [6.45, 7) is 1.57. The van der Waals surface area contributed by atoms with Crippen molar-refractivity contribution in [2.24, 2.45) is 0 Å². The zero-order valence-electron chi connectivity index (χ0n) is 8.39. The van der Waals surface area contributed by atoms with Crippen molar-refractivity contribution in [3.8, 4) is 0 Å². The summed E-state index contributed by atoms with van der Waals surface area (Å²) < 4.78 is 37.9. The first-order chi connectivity index (χ1) is 7.48. The van der Waals surface area contributed by atoms with E-state index in [0.717, 1.165) is 32.0 Å². The second-order valence-corrected chi connectivity index (χ2v) is 4.57. The van der Waals surface area contributed by atoms with Crippen LogP contribution in [0.5, 0.6) is 0 Å². The molecule has 0 saturated carbocycles. The Bertz CT molecular complexity index is 386. The Balaban J connectivity index is 2.35. The third-order valence-electron chi connectivity index (χ3n) is 2.58. The van der Waals surface area contributed by atoms with E-state index in [0.29, 0.717) is 5.82 Å². The molecule has 88 valence electrons. The minimum atomic E-state index is -4.34. The van der Waals surface area contributed by atoms with Gasteiger partial charge in [-0.2, -0.15) is 13.2 Å². The Labute approximate surface area is 99.6 Å². The minimum absolute atomic E-state index is 0.0112. The molecule has 0 amide bonds. The first-order valence-electron chi connectivity index (χ1n) is 4.96. The number of hydrogen-bond acceptors (Lipinski definition) is 2. The highest BCUT2D eigenvalue weighted by atomic mass is 79.9. The first-order valence-corrected chi connectivity index (χ1v) is 5.75. The molecule has 0 spiro atoms. The molecule has 1 fully saturated rings. The number of anilines is 1. The van der Waals surface area contributed by atoms with Gasteiger partial charge < -0.3 is 4.90 Å². The molecule has 0 bridgehead atoms. The number of nitrogens with zero attached hydrogens (tertiary/aromatic N) is 2. The van der Waals surface area contributed by atoms with Crippen molar-refractivity contribution in [1.29, 1.82) is 0 Å². The van der Waals surface area contributed by atoms with Gasteiger partial charge in [-0.15, -0.1) is 0 Å². The van der Waals surface area contributed by atoms with Gasteiger partial charge >= 0.3 is 6.18 Å². The van der Waals surface area contributed by atoms with Gasteiger partial charge in [-0.1, -0.05) is 0 Å². The second-order valence-electron chi connectivity index (χ2n) is 3.71. The normalized spacial score (nSPS) is 16.9. The molecular weight excluding hydrogens is 285 g/mol. The summed E-state index contributed by atoms with van der Waals surface area (Å²) >= 11 is 2.87. The number of pyridine rings is 1. The third-order valence-corrected chi connectivity index (χ3v) is 3.21. The van der Waals surface area contributed by atoms with Crippen LogP contribution in [0, 0.1) is 0 Å². The molecule has 1 aliphatic heterocycles. The molecule has 0 atom stereocenters. The van der Waals surface area contributed by atoms with E-state index in [9.17, 15) is 13.2 Å². The van der Waals surface area contributed by atoms with E-state index in [1.165, 1.54) is 6.20 Å². The van der Waals surface area contributed by atoms with Crippen molar-refractivity contribution in [3.63, 3.8) is 0 Å². The fourth-order valence-corrected chi connectivity index (χ4v) is 2.21. The molecule has 6 heteroatoms. The van der Waals surface area contributed by atoms with Gasteiger partial charge in [0.05, 0.1) is 5.56 Å². The van der Waals surface area contributed by atoms with Crippen LogP contribution in [0.2, 0.25) is 0 Å². The maximum atomic E-state index is 12.6. The molecule has 1 aliphatic rings. The number of aromatic nitrogens is 1. The van der Waals surface area contributed by atoms with Crippen LogP contribution in [0.15, 0.2) is 16.7 Å². The van der Waals surface area contributed by atoms with Crippen molar-refractivity contribution >= 4 is 21.7 Å². The smallest absolute Gasteiger partial charge is 0.357 e. The van der Waals surface area contributed by atoms with Gasteiger partial charge in [0.25, 0.3) is 0 Å². The van der Waals surface area contributed by atoms with Gasteiger partial charge in [0, 0.05) is 23.8 Å². The van der Waals surface area contributed by atoms with E-state index in [1.54, 1.807) is 0 Å². The van der Waals surface area contributed by atoms with Crippen LogP contribution in [0.1, 0.15) is 18.4 Å². The van der Waals surface area contributed by atoms with Gasteiger partial charge in [-0.3, -0.25) is 0 Å². The molecule has 0 aromatic carbocycles. The molecule has 1 aromatic heterocycles. The molecule has 0 N–H and O–H groups in total. The van der Waals surface area contributed by atoms with Crippen LogP contribution in [0.4, 0.5) is 19.0 Å². The van der Waals surface area contributed by atoms with Crippen molar-refractivity contribution < 1.29 is 13.2 Å². The van der Waals surface area contributed by atoms with Crippen LogP contribution in [0.3, 0.4) is 0 Å². The highest BCUT2D eigenvalue weighted by Crippen LogP contribution is 2.36. The zero-order valence-corrected chi connectivity index (χ0v) is 9.98. The van der Waals surface area contributed by atoms with Gasteiger partial charge in [0.2, 0.25) is 0 Å². The van der Waals surface area contributed by atoms with Crippen molar-refractivity contribution in [2.45, 2.75) is 19.0 Å². The van der Waals surface area contributed by atoms with Crippen LogP contribution in [-0.4, -0.2) is 18.1 Å². The fourth-order valence-electron chi connectivity index (χ4n) is 1.76. The number of alkyl halides is 3. The lowest BCUT2D eigenvalue weighted by Crippen LogP contribution is -2.20. The van der Waals surface area contributed by atoms with E-state index in [1.807, 2.05) is 4.90 Å². The standard InChI is InChI=1S/C10H10BrF3N2/c11-8-6-15-9(16-3-1-2-4-16)5-7(8)10(12,13)14/h5-6H,1-4H2. The molecule has 2 nitrogen and oxygen atoms in total. The monoisotopic (exact) mass is 294 g/mol. The quantitative estimate of drug-likeness (QED) is 0.788. The Kier molecular flexibility index (Phi) is 3.10. The summed E-state index contributed by atoms with van der Waals surface area (Å²) in [6, 6.07) is 1.11. The number of rotatable bonds is 1. The van der Waals surface area contributed by atoms with Crippen LogP contribution in [-0.2, 0) is 6.18 Å². The Morgan fingerprint density at radius 1 is 1.25 bits per heavy atom. The van der Waals surface area contributed by atoms with Crippen LogP contribution >= 0.6 is 15.9 Å². The average molecular weight is 295 g/mol. The van der Waals surface area contributed by atoms with Crippen LogP contribution in [0.25, 0.3) is 0 Å². The van der Waals surface area contributed by atoms with E-state index >= 15 is 0 Å². The zero-order chi connectivity index (χ0) is 11.8. The van der Waals surface area contributed by atoms with E-state index < -0.39 is 11.7 Å². The average Bonchev–Trinajstić information content (AvgIpc) is 2.69. The molecule has 16 heavy (non-hydrogen) atoms. The topological polar surface area (TPSA) is 16.1 Å². The summed E-state index contributed by atoms with van der Waals surface area (Å²) in [6.07, 6.45) is -1.09. The summed E-state index contributed by atoms with van der Waals surface area (Å²) in [7, 11) is 0. The molecular formula is C10H10BrF3N2. The lowest BCUT2D eigenvalue weighted by atomic mass is 10.2. The number of hydrogen-bond donors (Lipinski definition) is 0. The Hall–Kier alpha value is -0.780. The molecule has 0 radical (unpaired) electrons. The lowest BCUT2D eigenvalue weighted by molar-refractivity contribution is -0.138. The van der Waals surface area contributed by atoms with Gasteiger partial charge in [-0.05, 0) is 34.8 Å². The Morgan fingerprint density at radius 3 is 2.44 bits per heavy atom. The van der Waals surface area contributed by atoms with Crippen molar-refractivity contribution in [3.05, 3.63) is 22.3 Å². The van der Waals surface area contributed by atoms with E-state index in [4.69, 9.17) is 0 Å². The van der Waals surface area contributed by atoms with Crippen molar-refractivity contribution in [1.82, 2.24) is 4.98 Å². The highest BCUT2D eigenvalue weighted by Gasteiger charge is 2.34. The van der Waals surface area contributed by atoms with E-state index in [-0.39, 0.29) is 4.47 Å². The largest absolute Gasteiger partial charge is 0.417 e. The van der Waals surface area contributed by atoms with Crippen LogP contribution < -0.4 is 4.90 Å². The van der Waals surface area contributed by atoms with Gasteiger partial charge in [0.15, 0.2) is 0 Å². The summed E-state index contributed by atoms with van der Waals surface area (Å²) in [5.41, 5.74) is -0.663. The molecule has 2 rings (SSSR count). The highest BCUT2D eigenvalue weighted by molar-refractivity contribution is 9.10. The molecule has 0 aliphatic carbocycles. The Morgan fingerprint density at radius 2 is 1.88 bits per heavy atom. The molecule has 1 saturated heterocycles.